The van der Waals surface area contributed by atoms with Crippen molar-refractivity contribution >= 4 is 16.8 Å². The quantitative estimate of drug-likeness (QED) is 0.371. The van der Waals surface area contributed by atoms with E-state index in [-0.39, 0.29) is 5.91 Å². The van der Waals surface area contributed by atoms with Crippen LogP contribution in [0.1, 0.15) is 16.7 Å². The molecule has 0 fully saturated rings. The van der Waals surface area contributed by atoms with Gasteiger partial charge in [0.25, 0.3) is 5.91 Å². The van der Waals surface area contributed by atoms with Crippen molar-refractivity contribution in [3.05, 3.63) is 102 Å². The SMILES string of the molecule is CN(Cc1cccc(OCCNC(=O)[C@@H]2Cc3ccccc3O2)c1)Cc1cccc2cccnc12. The van der Waals surface area contributed by atoms with E-state index in [0.29, 0.717) is 19.6 Å². The minimum atomic E-state index is -0.469. The number of para-hydroxylation sites is 2. The largest absolute Gasteiger partial charge is 0.492 e. The van der Waals surface area contributed by atoms with Gasteiger partial charge in [-0.2, -0.15) is 0 Å². The second-order valence-electron chi connectivity index (χ2n) is 8.87. The molecule has 1 amide bonds. The number of carbonyl (C=O) groups excluding carboxylic acids is 1. The highest BCUT2D eigenvalue weighted by molar-refractivity contribution is 5.82. The van der Waals surface area contributed by atoms with Crippen LogP contribution in [0.15, 0.2) is 85.1 Å². The summed E-state index contributed by atoms with van der Waals surface area (Å²) in [4.78, 5) is 19.3. The molecule has 0 saturated heterocycles. The van der Waals surface area contributed by atoms with Crippen LogP contribution in [0.3, 0.4) is 0 Å². The van der Waals surface area contributed by atoms with Crippen LogP contribution in [-0.2, 0) is 24.3 Å². The van der Waals surface area contributed by atoms with E-state index >= 15 is 0 Å². The Morgan fingerprint density at radius 2 is 1.91 bits per heavy atom. The summed E-state index contributed by atoms with van der Waals surface area (Å²) >= 11 is 0. The lowest BCUT2D eigenvalue weighted by atomic mass is 10.1. The van der Waals surface area contributed by atoms with Gasteiger partial charge in [-0.25, -0.2) is 0 Å². The van der Waals surface area contributed by atoms with E-state index in [4.69, 9.17) is 9.47 Å². The molecule has 1 aliphatic rings. The number of nitrogens with one attached hydrogen (secondary N) is 1. The van der Waals surface area contributed by atoms with Crippen molar-refractivity contribution in [2.45, 2.75) is 25.6 Å². The zero-order chi connectivity index (χ0) is 24.0. The standard InChI is InChI=1S/C29H29N3O3/c1-32(20-24-10-5-9-22-11-6-14-30-28(22)24)19-21-7-4-12-25(17-21)34-16-15-31-29(33)27-18-23-8-2-3-13-26(23)35-27/h2-14,17,27H,15-16,18-20H2,1H3,(H,31,33)/t27-/m0/s1. The molecule has 2 heterocycles. The normalized spacial score (nSPS) is 14.5. The molecule has 0 radical (unpaired) electrons. The average molecular weight is 468 g/mol. The number of nitrogens with zero attached hydrogens (tertiary/aromatic N) is 2. The maximum absolute atomic E-state index is 12.4. The van der Waals surface area contributed by atoms with Gasteiger partial charge in [-0.3, -0.25) is 14.7 Å². The maximum Gasteiger partial charge on any atom is 0.261 e. The lowest BCUT2D eigenvalue weighted by Crippen LogP contribution is -2.39. The lowest BCUT2D eigenvalue weighted by molar-refractivity contribution is -0.127. The second-order valence-corrected chi connectivity index (χ2v) is 8.87. The van der Waals surface area contributed by atoms with Crippen LogP contribution in [0.2, 0.25) is 0 Å². The highest BCUT2D eigenvalue weighted by Gasteiger charge is 2.28. The van der Waals surface area contributed by atoms with Crippen molar-refractivity contribution in [2.75, 3.05) is 20.2 Å². The van der Waals surface area contributed by atoms with E-state index in [0.717, 1.165) is 41.1 Å². The number of rotatable bonds is 9. The number of benzene rings is 3. The first-order valence-corrected chi connectivity index (χ1v) is 11.9. The first kappa shape index (κ1) is 22.9. The summed E-state index contributed by atoms with van der Waals surface area (Å²) in [5, 5.41) is 4.07. The predicted octanol–water partition coefficient (Wildman–Crippen LogP) is 4.37. The summed E-state index contributed by atoms with van der Waals surface area (Å²) in [6, 6.07) is 26.2. The van der Waals surface area contributed by atoms with Gasteiger partial charge in [0, 0.05) is 31.1 Å². The number of hydrogen-bond acceptors (Lipinski definition) is 5. The highest BCUT2D eigenvalue weighted by atomic mass is 16.5. The molecular formula is C29H29N3O3. The molecule has 178 valence electrons. The molecular weight excluding hydrogens is 438 g/mol. The van der Waals surface area contributed by atoms with Crippen molar-refractivity contribution < 1.29 is 14.3 Å². The summed E-state index contributed by atoms with van der Waals surface area (Å²) in [6.07, 6.45) is 1.98. The Morgan fingerprint density at radius 3 is 2.83 bits per heavy atom. The Hall–Kier alpha value is -3.90. The molecule has 35 heavy (non-hydrogen) atoms. The van der Waals surface area contributed by atoms with Crippen molar-refractivity contribution in [3.8, 4) is 11.5 Å². The third-order valence-electron chi connectivity index (χ3n) is 6.12. The van der Waals surface area contributed by atoms with E-state index in [1.165, 1.54) is 11.1 Å². The molecule has 1 aliphatic heterocycles. The molecule has 6 nitrogen and oxygen atoms in total. The van der Waals surface area contributed by atoms with Crippen LogP contribution < -0.4 is 14.8 Å². The summed E-state index contributed by atoms with van der Waals surface area (Å²) in [5.41, 5.74) is 4.50. The number of ether oxygens (including phenoxy) is 2. The van der Waals surface area contributed by atoms with Crippen LogP contribution in [-0.4, -0.2) is 42.1 Å². The smallest absolute Gasteiger partial charge is 0.261 e. The number of amides is 1. The fraction of sp³-hybridized carbons (Fsp3) is 0.241. The van der Waals surface area contributed by atoms with Crippen molar-refractivity contribution in [1.82, 2.24) is 15.2 Å². The summed E-state index contributed by atoms with van der Waals surface area (Å²) in [6.45, 7) is 2.41. The topological polar surface area (TPSA) is 63.7 Å². The van der Waals surface area contributed by atoms with Crippen LogP contribution in [0.5, 0.6) is 11.5 Å². The van der Waals surface area contributed by atoms with Gasteiger partial charge in [0.1, 0.15) is 18.1 Å². The van der Waals surface area contributed by atoms with Crippen LogP contribution in [0.25, 0.3) is 10.9 Å². The van der Waals surface area contributed by atoms with E-state index in [9.17, 15) is 4.79 Å². The first-order chi connectivity index (χ1) is 17.2. The molecule has 1 N–H and O–H groups in total. The first-order valence-electron chi connectivity index (χ1n) is 11.9. The number of hydrogen-bond donors (Lipinski definition) is 1. The van der Waals surface area contributed by atoms with Crippen LogP contribution in [0.4, 0.5) is 0 Å². The molecule has 0 spiro atoms. The fourth-order valence-electron chi connectivity index (χ4n) is 4.47. The van der Waals surface area contributed by atoms with Gasteiger partial charge in [0.05, 0.1) is 12.1 Å². The molecule has 4 aromatic rings. The van der Waals surface area contributed by atoms with Gasteiger partial charge in [-0.15, -0.1) is 0 Å². The van der Waals surface area contributed by atoms with Gasteiger partial charge >= 0.3 is 0 Å². The van der Waals surface area contributed by atoms with Crippen molar-refractivity contribution in [3.63, 3.8) is 0 Å². The Morgan fingerprint density at radius 1 is 1.06 bits per heavy atom. The van der Waals surface area contributed by atoms with Crippen molar-refractivity contribution in [2.24, 2.45) is 0 Å². The highest BCUT2D eigenvalue weighted by Crippen LogP contribution is 2.28. The van der Waals surface area contributed by atoms with Crippen LogP contribution in [0, 0.1) is 0 Å². The zero-order valence-electron chi connectivity index (χ0n) is 19.8. The molecule has 5 rings (SSSR count). The number of fused-ring (bicyclic) bond motifs is 2. The lowest BCUT2D eigenvalue weighted by Gasteiger charge is -2.18. The Bertz CT molecular complexity index is 1290. The van der Waals surface area contributed by atoms with Gasteiger partial charge in [-0.05, 0) is 48.0 Å². The Kier molecular flexibility index (Phi) is 6.91. The third kappa shape index (κ3) is 5.61. The minimum absolute atomic E-state index is 0.108. The molecule has 3 aromatic carbocycles. The van der Waals surface area contributed by atoms with E-state index in [2.05, 4.69) is 58.6 Å². The third-order valence-corrected chi connectivity index (χ3v) is 6.12. The summed E-state index contributed by atoms with van der Waals surface area (Å²) < 4.78 is 11.6. The zero-order valence-corrected chi connectivity index (χ0v) is 19.8. The second kappa shape index (κ2) is 10.6. The predicted molar refractivity (Wildman–Crippen MR) is 136 cm³/mol. The van der Waals surface area contributed by atoms with E-state index < -0.39 is 6.10 Å². The molecule has 0 bridgehead atoms. The molecule has 0 saturated carbocycles. The molecule has 1 atom stereocenters. The van der Waals surface area contributed by atoms with Gasteiger partial charge < -0.3 is 14.8 Å². The van der Waals surface area contributed by atoms with Gasteiger partial charge in [0.2, 0.25) is 0 Å². The molecule has 0 aliphatic carbocycles. The summed E-state index contributed by atoms with van der Waals surface area (Å²) in [7, 11) is 2.11. The maximum atomic E-state index is 12.4. The minimum Gasteiger partial charge on any atom is -0.492 e. The van der Waals surface area contributed by atoms with Gasteiger partial charge in [-0.1, -0.05) is 54.6 Å². The number of pyridine rings is 1. The molecule has 0 unspecified atom stereocenters. The monoisotopic (exact) mass is 467 g/mol. The van der Waals surface area contributed by atoms with Crippen molar-refractivity contribution in [1.29, 1.82) is 0 Å². The van der Waals surface area contributed by atoms with E-state index in [1.54, 1.807) is 0 Å². The number of carbonyl (C=O) groups is 1. The van der Waals surface area contributed by atoms with Crippen LogP contribution >= 0.6 is 0 Å². The van der Waals surface area contributed by atoms with E-state index in [1.807, 2.05) is 48.7 Å². The van der Waals surface area contributed by atoms with Gasteiger partial charge in [0.15, 0.2) is 6.10 Å². The average Bonchev–Trinajstić information content (AvgIpc) is 3.32. The number of aromatic nitrogens is 1. The Balaban J connectivity index is 1.09. The Labute approximate surface area is 205 Å². The summed E-state index contributed by atoms with van der Waals surface area (Å²) in [5.74, 6) is 1.48. The molecule has 6 heteroatoms. The molecule has 1 aromatic heterocycles. The fourth-order valence-corrected chi connectivity index (χ4v) is 4.47.